The van der Waals surface area contributed by atoms with Gasteiger partial charge in [-0.2, -0.15) is 0 Å². The van der Waals surface area contributed by atoms with E-state index < -0.39 is 0 Å². The zero-order chi connectivity index (χ0) is 20.1. The van der Waals surface area contributed by atoms with E-state index in [0.717, 1.165) is 84.1 Å². The van der Waals surface area contributed by atoms with Gasteiger partial charge in [0.15, 0.2) is 0 Å². The Morgan fingerprint density at radius 1 is 1.07 bits per heavy atom. The fourth-order valence-electron chi connectivity index (χ4n) is 4.79. The summed E-state index contributed by atoms with van der Waals surface area (Å²) < 4.78 is 0. The number of carbonyl (C=O) groups excluding carboxylic acids is 2. The van der Waals surface area contributed by atoms with Gasteiger partial charge in [0.25, 0.3) is 0 Å². The van der Waals surface area contributed by atoms with Crippen molar-refractivity contribution in [3.8, 4) is 0 Å². The minimum atomic E-state index is 0.105. The number of likely N-dealkylation sites (tertiary alicyclic amines) is 2. The average molecular weight is 399 g/mol. The molecule has 3 fully saturated rings. The van der Waals surface area contributed by atoms with Gasteiger partial charge in [0.1, 0.15) is 0 Å². The maximum atomic E-state index is 12.7. The molecule has 6 heteroatoms. The van der Waals surface area contributed by atoms with E-state index in [4.69, 9.17) is 0 Å². The Morgan fingerprint density at radius 3 is 2.62 bits per heavy atom. The topological polar surface area (TPSA) is 65.5 Å². The molecule has 4 rings (SSSR count). The van der Waals surface area contributed by atoms with Gasteiger partial charge in [-0.05, 0) is 69.5 Å². The van der Waals surface area contributed by atoms with Crippen molar-refractivity contribution < 1.29 is 9.59 Å². The number of rotatable bonds is 7. The van der Waals surface area contributed by atoms with E-state index in [1.165, 1.54) is 5.56 Å². The number of nitrogens with zero attached hydrogens (tertiary/aromatic N) is 3. The van der Waals surface area contributed by atoms with E-state index in [-0.39, 0.29) is 11.8 Å². The predicted molar refractivity (Wildman–Crippen MR) is 112 cm³/mol. The first kappa shape index (κ1) is 20.3. The lowest BCUT2D eigenvalue weighted by molar-refractivity contribution is -0.134. The molecule has 3 heterocycles. The molecule has 1 saturated carbocycles. The molecule has 0 radical (unpaired) electrons. The average Bonchev–Trinajstić information content (AvgIpc) is 3.62. The summed E-state index contributed by atoms with van der Waals surface area (Å²) in [6.07, 6.45) is 11.9. The largest absolute Gasteiger partial charge is 0.356 e. The van der Waals surface area contributed by atoms with E-state index in [9.17, 15) is 9.59 Å². The Morgan fingerprint density at radius 2 is 1.90 bits per heavy atom. The number of piperidine rings is 2. The van der Waals surface area contributed by atoms with E-state index in [2.05, 4.69) is 26.2 Å². The predicted octanol–water partition coefficient (Wildman–Crippen LogP) is 2.24. The number of nitrogens with one attached hydrogen (secondary N) is 1. The van der Waals surface area contributed by atoms with Crippen LogP contribution in [0.25, 0.3) is 0 Å². The van der Waals surface area contributed by atoms with Gasteiger partial charge in [-0.25, -0.2) is 0 Å². The van der Waals surface area contributed by atoms with Crippen LogP contribution < -0.4 is 5.32 Å². The molecule has 1 N–H and O–H groups in total. The number of hydrogen-bond acceptors (Lipinski definition) is 4. The first-order valence-electron chi connectivity index (χ1n) is 11.4. The molecule has 0 bridgehead atoms. The summed E-state index contributed by atoms with van der Waals surface area (Å²) in [5.41, 5.74) is 1.22. The lowest BCUT2D eigenvalue weighted by atomic mass is 9.93. The Hall–Kier alpha value is -1.95. The van der Waals surface area contributed by atoms with Crippen LogP contribution in [0.2, 0.25) is 0 Å². The van der Waals surface area contributed by atoms with E-state index >= 15 is 0 Å². The van der Waals surface area contributed by atoms with Crippen LogP contribution in [-0.2, 0) is 16.0 Å². The fraction of sp³-hybridized carbons (Fsp3) is 0.696. The minimum absolute atomic E-state index is 0.105. The fourth-order valence-corrected chi connectivity index (χ4v) is 4.79. The lowest BCUT2D eigenvalue weighted by Crippen LogP contribution is -2.51. The molecule has 1 atom stereocenters. The summed E-state index contributed by atoms with van der Waals surface area (Å²) >= 11 is 0. The van der Waals surface area contributed by atoms with Crippen LogP contribution in [0.3, 0.4) is 0 Å². The van der Waals surface area contributed by atoms with Crippen molar-refractivity contribution >= 4 is 11.8 Å². The third kappa shape index (κ3) is 5.56. The van der Waals surface area contributed by atoms with Crippen LogP contribution in [-0.4, -0.2) is 65.4 Å². The molecule has 3 aliphatic rings. The van der Waals surface area contributed by atoms with E-state index in [1.54, 1.807) is 6.20 Å². The normalized spacial score (nSPS) is 23.7. The molecule has 2 saturated heterocycles. The lowest BCUT2D eigenvalue weighted by Gasteiger charge is -2.42. The van der Waals surface area contributed by atoms with Gasteiger partial charge in [0.05, 0.1) is 5.92 Å². The summed E-state index contributed by atoms with van der Waals surface area (Å²) in [6.45, 7) is 4.47. The van der Waals surface area contributed by atoms with Crippen molar-refractivity contribution in [2.45, 2.75) is 57.4 Å². The molecule has 0 aromatic carbocycles. The molecule has 29 heavy (non-hydrogen) atoms. The van der Waals surface area contributed by atoms with Crippen LogP contribution in [0.5, 0.6) is 0 Å². The first-order chi connectivity index (χ1) is 14.2. The minimum Gasteiger partial charge on any atom is -0.356 e. The Kier molecular flexibility index (Phi) is 6.80. The van der Waals surface area contributed by atoms with Crippen molar-refractivity contribution in [1.82, 2.24) is 20.1 Å². The van der Waals surface area contributed by atoms with Gasteiger partial charge in [-0.3, -0.25) is 19.5 Å². The maximum absolute atomic E-state index is 12.7. The summed E-state index contributed by atoms with van der Waals surface area (Å²) in [6, 6.07) is 4.56. The number of pyridine rings is 1. The monoisotopic (exact) mass is 398 g/mol. The van der Waals surface area contributed by atoms with Gasteiger partial charge >= 0.3 is 0 Å². The maximum Gasteiger partial charge on any atom is 0.225 e. The van der Waals surface area contributed by atoms with Gasteiger partial charge in [0.2, 0.25) is 11.8 Å². The molecule has 2 amide bonds. The van der Waals surface area contributed by atoms with Gasteiger partial charge in [-0.1, -0.05) is 6.07 Å². The smallest absolute Gasteiger partial charge is 0.225 e. The number of aromatic nitrogens is 1. The number of aryl methyl sites for hydroxylation is 1. The summed E-state index contributed by atoms with van der Waals surface area (Å²) in [4.78, 5) is 33.6. The van der Waals surface area contributed by atoms with Crippen LogP contribution in [0.15, 0.2) is 24.5 Å². The second-order valence-corrected chi connectivity index (χ2v) is 8.92. The van der Waals surface area contributed by atoms with Crippen LogP contribution in [0.4, 0.5) is 0 Å². The zero-order valence-corrected chi connectivity index (χ0v) is 17.4. The van der Waals surface area contributed by atoms with Crippen LogP contribution in [0.1, 0.15) is 50.5 Å². The third-order valence-corrected chi connectivity index (χ3v) is 6.71. The Balaban J connectivity index is 1.17. The van der Waals surface area contributed by atoms with Gasteiger partial charge in [-0.15, -0.1) is 0 Å². The van der Waals surface area contributed by atoms with E-state index in [0.29, 0.717) is 17.9 Å². The standard InChI is InChI=1S/C23H34N4O2/c28-22(25-12-2-5-18-4-1-11-24-16-18)20-6-3-13-27(17-20)21-9-14-26(15-10-21)23(29)19-7-8-19/h1,4,11,16,19-21H,2-3,5-10,12-15,17H2,(H,25,28). The molecule has 1 unspecified atom stereocenters. The highest BCUT2D eigenvalue weighted by molar-refractivity contribution is 5.81. The number of amides is 2. The number of carbonyl (C=O) groups is 2. The van der Waals surface area contributed by atoms with Gasteiger partial charge in [0, 0.05) is 50.5 Å². The zero-order valence-electron chi connectivity index (χ0n) is 17.4. The van der Waals surface area contributed by atoms with Crippen molar-refractivity contribution in [3.63, 3.8) is 0 Å². The SMILES string of the molecule is O=C(NCCCc1cccnc1)C1CCCN(C2CCN(C(=O)C3CC3)CC2)C1. The quantitative estimate of drug-likeness (QED) is 0.716. The summed E-state index contributed by atoms with van der Waals surface area (Å²) in [5, 5.41) is 3.15. The molecule has 2 aliphatic heterocycles. The molecule has 1 aromatic heterocycles. The molecular weight excluding hydrogens is 364 g/mol. The van der Waals surface area contributed by atoms with Crippen molar-refractivity contribution in [2.75, 3.05) is 32.7 Å². The second-order valence-electron chi connectivity index (χ2n) is 8.92. The Labute approximate surface area is 174 Å². The highest BCUT2D eigenvalue weighted by Crippen LogP contribution is 2.32. The molecular formula is C23H34N4O2. The molecule has 1 aliphatic carbocycles. The van der Waals surface area contributed by atoms with Crippen molar-refractivity contribution in [3.05, 3.63) is 30.1 Å². The third-order valence-electron chi connectivity index (χ3n) is 6.71. The Bertz CT molecular complexity index is 683. The summed E-state index contributed by atoms with van der Waals surface area (Å²) in [7, 11) is 0. The molecule has 0 spiro atoms. The van der Waals surface area contributed by atoms with E-state index in [1.807, 2.05) is 12.3 Å². The number of hydrogen-bond donors (Lipinski definition) is 1. The molecule has 6 nitrogen and oxygen atoms in total. The summed E-state index contributed by atoms with van der Waals surface area (Å²) in [5.74, 6) is 1.02. The highest BCUT2D eigenvalue weighted by Gasteiger charge is 2.37. The highest BCUT2D eigenvalue weighted by atomic mass is 16.2. The first-order valence-corrected chi connectivity index (χ1v) is 11.4. The van der Waals surface area contributed by atoms with Crippen molar-refractivity contribution in [2.24, 2.45) is 11.8 Å². The second kappa shape index (κ2) is 9.70. The van der Waals surface area contributed by atoms with Crippen LogP contribution >= 0.6 is 0 Å². The molecule has 1 aromatic rings. The molecule has 158 valence electrons. The van der Waals surface area contributed by atoms with Crippen LogP contribution in [0, 0.1) is 11.8 Å². The van der Waals surface area contributed by atoms with Crippen molar-refractivity contribution in [1.29, 1.82) is 0 Å². The van der Waals surface area contributed by atoms with Gasteiger partial charge < -0.3 is 10.2 Å².